The predicted octanol–water partition coefficient (Wildman–Crippen LogP) is 2.12. The molecule has 0 bridgehead atoms. The Labute approximate surface area is 109 Å². The third-order valence-electron chi connectivity index (χ3n) is 2.29. The molecule has 6 nitrogen and oxygen atoms in total. The molecule has 2 aromatic rings. The summed E-state index contributed by atoms with van der Waals surface area (Å²) in [4.78, 5) is 17.3. The normalized spacial score (nSPS) is 10.1. The highest BCUT2D eigenvalue weighted by Gasteiger charge is 2.10. The summed E-state index contributed by atoms with van der Waals surface area (Å²) in [5.74, 6) is 0.628. The number of carbonyl (C=O) groups is 1. The molecule has 18 heavy (non-hydrogen) atoms. The first-order valence-electron chi connectivity index (χ1n) is 5.27. The average Bonchev–Trinajstić information content (AvgIpc) is 2.85. The van der Waals surface area contributed by atoms with Gasteiger partial charge in [-0.25, -0.2) is 9.78 Å². The Hall–Kier alpha value is -2.08. The molecule has 1 heterocycles. The molecule has 0 spiro atoms. The molecule has 0 aliphatic rings. The quantitative estimate of drug-likeness (QED) is 0.893. The van der Waals surface area contributed by atoms with Gasteiger partial charge in [0.25, 0.3) is 0 Å². The molecule has 0 saturated carbocycles. The molecule has 0 aliphatic carbocycles. The van der Waals surface area contributed by atoms with Crippen molar-refractivity contribution in [3.63, 3.8) is 0 Å². The van der Waals surface area contributed by atoms with Crippen molar-refractivity contribution in [1.82, 2.24) is 20.1 Å². The number of nitrogens with one attached hydrogen (secondary N) is 2. The van der Waals surface area contributed by atoms with Gasteiger partial charge in [-0.3, -0.25) is 5.10 Å². The van der Waals surface area contributed by atoms with Crippen LogP contribution in [0.2, 0.25) is 5.02 Å². The van der Waals surface area contributed by atoms with Crippen LogP contribution < -0.4 is 5.32 Å². The third kappa shape index (κ3) is 3.21. The van der Waals surface area contributed by atoms with Gasteiger partial charge in [-0.15, -0.1) is 0 Å². The van der Waals surface area contributed by atoms with Crippen LogP contribution in [0.4, 0.5) is 10.5 Å². The fraction of sp³-hybridized carbons (Fsp3) is 0.182. The van der Waals surface area contributed by atoms with E-state index in [4.69, 9.17) is 11.6 Å². The second-order valence-electron chi connectivity index (χ2n) is 3.73. The summed E-state index contributed by atoms with van der Waals surface area (Å²) in [6, 6.07) is 6.68. The van der Waals surface area contributed by atoms with E-state index < -0.39 is 0 Å². The van der Waals surface area contributed by atoms with Gasteiger partial charge in [0.05, 0.1) is 6.54 Å². The molecule has 0 fully saturated rings. The van der Waals surface area contributed by atoms with Crippen molar-refractivity contribution in [2.75, 3.05) is 12.4 Å². The predicted molar refractivity (Wildman–Crippen MR) is 68.3 cm³/mol. The Bertz CT molecular complexity index is 511. The molecule has 2 N–H and O–H groups in total. The van der Waals surface area contributed by atoms with Gasteiger partial charge in [-0.05, 0) is 24.3 Å². The molecule has 0 radical (unpaired) electrons. The summed E-state index contributed by atoms with van der Waals surface area (Å²) in [6.45, 7) is 0.361. The number of carbonyl (C=O) groups excluding carboxylic acids is 1. The van der Waals surface area contributed by atoms with E-state index in [-0.39, 0.29) is 6.03 Å². The van der Waals surface area contributed by atoms with Crippen molar-refractivity contribution >= 4 is 23.3 Å². The van der Waals surface area contributed by atoms with Crippen molar-refractivity contribution in [2.45, 2.75) is 6.54 Å². The molecule has 7 heteroatoms. The summed E-state index contributed by atoms with van der Waals surface area (Å²) < 4.78 is 0. The molecule has 0 atom stereocenters. The molecule has 2 rings (SSSR count). The minimum absolute atomic E-state index is 0.228. The highest BCUT2D eigenvalue weighted by atomic mass is 35.5. The second-order valence-corrected chi connectivity index (χ2v) is 4.16. The Kier molecular flexibility index (Phi) is 3.78. The first-order chi connectivity index (χ1) is 8.65. The number of anilines is 1. The molecular weight excluding hydrogens is 254 g/mol. The standard InChI is InChI=1S/C11H12ClN5O/c1-17(6-10-13-7-14-16-10)11(18)15-9-4-2-8(12)3-5-9/h2-5,7H,6H2,1H3,(H,15,18)(H,13,14,16). The fourth-order valence-corrected chi connectivity index (χ4v) is 1.48. The molecule has 0 saturated heterocycles. The lowest BCUT2D eigenvalue weighted by molar-refractivity contribution is 0.219. The van der Waals surface area contributed by atoms with Crippen LogP contribution in [-0.4, -0.2) is 33.2 Å². The maximum absolute atomic E-state index is 11.8. The maximum atomic E-state index is 11.8. The fourth-order valence-electron chi connectivity index (χ4n) is 1.36. The van der Waals surface area contributed by atoms with E-state index >= 15 is 0 Å². The number of benzene rings is 1. The van der Waals surface area contributed by atoms with Gasteiger partial charge in [0.1, 0.15) is 12.2 Å². The van der Waals surface area contributed by atoms with E-state index in [2.05, 4.69) is 20.5 Å². The van der Waals surface area contributed by atoms with Crippen LogP contribution in [-0.2, 0) is 6.54 Å². The lowest BCUT2D eigenvalue weighted by Crippen LogP contribution is -2.31. The number of H-pyrrole nitrogens is 1. The Morgan fingerprint density at radius 1 is 1.44 bits per heavy atom. The first-order valence-corrected chi connectivity index (χ1v) is 5.65. The molecule has 1 aromatic carbocycles. The maximum Gasteiger partial charge on any atom is 0.321 e. The molecule has 94 valence electrons. The lowest BCUT2D eigenvalue weighted by atomic mass is 10.3. The van der Waals surface area contributed by atoms with E-state index in [0.29, 0.717) is 23.1 Å². The minimum Gasteiger partial charge on any atom is -0.320 e. The topological polar surface area (TPSA) is 73.9 Å². The van der Waals surface area contributed by atoms with Gasteiger partial charge < -0.3 is 10.2 Å². The summed E-state index contributed by atoms with van der Waals surface area (Å²) in [5.41, 5.74) is 0.689. The monoisotopic (exact) mass is 265 g/mol. The van der Waals surface area contributed by atoms with E-state index in [1.165, 1.54) is 11.2 Å². The first kappa shape index (κ1) is 12.4. The van der Waals surface area contributed by atoms with Crippen molar-refractivity contribution in [3.8, 4) is 0 Å². The zero-order chi connectivity index (χ0) is 13.0. The van der Waals surface area contributed by atoms with Gasteiger partial charge in [-0.1, -0.05) is 11.6 Å². The van der Waals surface area contributed by atoms with E-state index in [1.807, 2.05) is 0 Å². The second kappa shape index (κ2) is 5.50. The van der Waals surface area contributed by atoms with Gasteiger partial charge in [-0.2, -0.15) is 5.10 Å². The van der Waals surface area contributed by atoms with Gasteiger partial charge in [0.2, 0.25) is 0 Å². The minimum atomic E-state index is -0.228. The zero-order valence-corrected chi connectivity index (χ0v) is 10.5. The van der Waals surface area contributed by atoms with Crippen LogP contribution in [0, 0.1) is 0 Å². The highest BCUT2D eigenvalue weighted by Crippen LogP contribution is 2.13. The van der Waals surface area contributed by atoms with Crippen LogP contribution in [0.3, 0.4) is 0 Å². The summed E-state index contributed by atoms with van der Waals surface area (Å²) in [6.07, 6.45) is 1.40. The van der Waals surface area contributed by atoms with Crippen molar-refractivity contribution in [2.24, 2.45) is 0 Å². The third-order valence-corrected chi connectivity index (χ3v) is 2.55. The van der Waals surface area contributed by atoms with E-state index in [0.717, 1.165) is 0 Å². The molecule has 0 aliphatic heterocycles. The number of halogens is 1. The van der Waals surface area contributed by atoms with Crippen LogP contribution in [0.25, 0.3) is 0 Å². The summed E-state index contributed by atoms with van der Waals surface area (Å²) in [5, 5.41) is 9.79. The molecule has 1 aromatic heterocycles. The Balaban J connectivity index is 1.93. The average molecular weight is 266 g/mol. The highest BCUT2D eigenvalue weighted by molar-refractivity contribution is 6.30. The number of amides is 2. The zero-order valence-electron chi connectivity index (χ0n) is 9.72. The van der Waals surface area contributed by atoms with Gasteiger partial charge >= 0.3 is 6.03 Å². The number of rotatable bonds is 3. The largest absolute Gasteiger partial charge is 0.321 e. The van der Waals surface area contributed by atoms with Crippen LogP contribution in [0.5, 0.6) is 0 Å². The number of hydrogen-bond donors (Lipinski definition) is 2. The van der Waals surface area contributed by atoms with Crippen molar-refractivity contribution < 1.29 is 4.79 Å². The Morgan fingerprint density at radius 2 is 2.17 bits per heavy atom. The Morgan fingerprint density at radius 3 is 2.78 bits per heavy atom. The molecular formula is C11H12ClN5O. The van der Waals surface area contributed by atoms with Crippen LogP contribution >= 0.6 is 11.6 Å². The molecule has 0 unspecified atom stereocenters. The van der Waals surface area contributed by atoms with Crippen molar-refractivity contribution in [1.29, 1.82) is 0 Å². The number of urea groups is 1. The summed E-state index contributed by atoms with van der Waals surface area (Å²) >= 11 is 5.76. The van der Waals surface area contributed by atoms with E-state index in [9.17, 15) is 4.79 Å². The number of hydrogen-bond acceptors (Lipinski definition) is 3. The number of aromatic nitrogens is 3. The number of aromatic amines is 1. The number of nitrogens with zero attached hydrogens (tertiary/aromatic N) is 3. The molecule has 2 amide bonds. The SMILES string of the molecule is CN(Cc1ncn[nH]1)C(=O)Nc1ccc(Cl)cc1. The van der Waals surface area contributed by atoms with Gasteiger partial charge in [0.15, 0.2) is 0 Å². The lowest BCUT2D eigenvalue weighted by Gasteiger charge is -2.16. The van der Waals surface area contributed by atoms with Crippen LogP contribution in [0.1, 0.15) is 5.82 Å². The van der Waals surface area contributed by atoms with Crippen molar-refractivity contribution in [3.05, 3.63) is 41.4 Å². The van der Waals surface area contributed by atoms with Gasteiger partial charge in [0, 0.05) is 17.8 Å². The van der Waals surface area contributed by atoms with E-state index in [1.54, 1.807) is 31.3 Å². The smallest absolute Gasteiger partial charge is 0.320 e. The van der Waals surface area contributed by atoms with Crippen LogP contribution in [0.15, 0.2) is 30.6 Å². The summed E-state index contributed by atoms with van der Waals surface area (Å²) in [7, 11) is 1.67.